The van der Waals surface area contributed by atoms with Gasteiger partial charge in [-0.25, -0.2) is 10.8 Å². The van der Waals surface area contributed by atoms with Gasteiger partial charge in [0.05, 0.1) is 16.6 Å². The van der Waals surface area contributed by atoms with E-state index in [1.807, 2.05) is 0 Å². The van der Waals surface area contributed by atoms with Crippen molar-refractivity contribution in [1.29, 1.82) is 0 Å². The molecule has 1 aromatic rings. The highest BCUT2D eigenvalue weighted by molar-refractivity contribution is 6.37. The molecule has 0 saturated carbocycles. The fraction of sp³-hybridized carbons (Fsp3) is 0.250. The number of nitrogens with zero attached hydrogens (tertiary/aromatic N) is 2. The van der Waals surface area contributed by atoms with Crippen LogP contribution in [0, 0.1) is 0 Å². The molecule has 1 heterocycles. The summed E-state index contributed by atoms with van der Waals surface area (Å²) in [6.07, 6.45) is 0. The van der Waals surface area contributed by atoms with Gasteiger partial charge in [0.25, 0.3) is 0 Å². The Morgan fingerprint density at radius 1 is 1.56 bits per heavy atom. The SMILES string of the molecule is CN(CC(N)=O)c1nc(NN)c(Cl)cc1Cl. The van der Waals surface area contributed by atoms with Crippen LogP contribution in [-0.2, 0) is 4.79 Å². The number of halogens is 2. The molecule has 1 aromatic heterocycles. The van der Waals surface area contributed by atoms with E-state index in [2.05, 4.69) is 10.4 Å². The first kappa shape index (κ1) is 12.8. The van der Waals surface area contributed by atoms with Gasteiger partial charge < -0.3 is 16.1 Å². The lowest BCUT2D eigenvalue weighted by Crippen LogP contribution is -2.31. The van der Waals surface area contributed by atoms with E-state index in [0.717, 1.165) is 0 Å². The predicted molar refractivity (Wildman–Crippen MR) is 64.5 cm³/mol. The molecule has 1 amide bonds. The quantitative estimate of drug-likeness (QED) is 0.546. The number of carbonyl (C=O) groups excluding carboxylic acids is 1. The number of hydrogen-bond acceptors (Lipinski definition) is 5. The monoisotopic (exact) mass is 263 g/mol. The van der Waals surface area contributed by atoms with Crippen molar-refractivity contribution in [2.24, 2.45) is 11.6 Å². The lowest BCUT2D eigenvalue weighted by molar-refractivity contribution is -0.116. The van der Waals surface area contributed by atoms with Crippen molar-refractivity contribution in [1.82, 2.24) is 4.98 Å². The molecule has 0 saturated heterocycles. The Labute approximate surface area is 102 Å². The second-order valence-corrected chi connectivity index (χ2v) is 3.91. The minimum Gasteiger partial charge on any atom is -0.368 e. The number of hydrazine groups is 1. The Bertz CT molecular complexity index is 412. The van der Waals surface area contributed by atoms with Crippen LogP contribution in [0.15, 0.2) is 6.07 Å². The molecule has 16 heavy (non-hydrogen) atoms. The normalized spacial score (nSPS) is 10.0. The van der Waals surface area contributed by atoms with Crippen LogP contribution in [0.2, 0.25) is 10.0 Å². The third-order valence-electron chi connectivity index (χ3n) is 1.80. The molecule has 0 aliphatic carbocycles. The molecule has 88 valence electrons. The summed E-state index contributed by atoms with van der Waals surface area (Å²) in [6.45, 7) is -0.00162. The molecule has 6 nitrogen and oxygen atoms in total. The van der Waals surface area contributed by atoms with E-state index in [1.165, 1.54) is 11.0 Å². The number of aromatic nitrogens is 1. The summed E-state index contributed by atoms with van der Waals surface area (Å²) in [7, 11) is 1.63. The first-order chi connectivity index (χ1) is 7.45. The molecular weight excluding hydrogens is 253 g/mol. The van der Waals surface area contributed by atoms with Crippen LogP contribution in [0.25, 0.3) is 0 Å². The number of anilines is 2. The van der Waals surface area contributed by atoms with E-state index in [1.54, 1.807) is 7.05 Å². The highest BCUT2D eigenvalue weighted by Crippen LogP contribution is 2.30. The maximum absolute atomic E-state index is 10.8. The zero-order valence-corrected chi connectivity index (χ0v) is 10.0. The number of primary amides is 1. The van der Waals surface area contributed by atoms with Crippen molar-refractivity contribution in [3.63, 3.8) is 0 Å². The number of rotatable bonds is 4. The summed E-state index contributed by atoms with van der Waals surface area (Å²) in [6, 6.07) is 1.48. The van der Waals surface area contributed by atoms with E-state index >= 15 is 0 Å². The maximum Gasteiger partial charge on any atom is 0.236 e. The van der Waals surface area contributed by atoms with Crippen molar-refractivity contribution in [3.8, 4) is 0 Å². The number of pyridine rings is 1. The molecule has 0 radical (unpaired) electrons. The van der Waals surface area contributed by atoms with Crippen molar-refractivity contribution in [2.75, 3.05) is 23.9 Å². The van der Waals surface area contributed by atoms with Gasteiger partial charge in [-0.1, -0.05) is 23.2 Å². The molecule has 0 aliphatic rings. The van der Waals surface area contributed by atoms with Gasteiger partial charge in [0.15, 0.2) is 5.82 Å². The Morgan fingerprint density at radius 2 is 2.19 bits per heavy atom. The van der Waals surface area contributed by atoms with Crippen LogP contribution in [0.1, 0.15) is 0 Å². The lowest BCUT2D eigenvalue weighted by Gasteiger charge is -2.18. The van der Waals surface area contributed by atoms with E-state index < -0.39 is 5.91 Å². The first-order valence-electron chi connectivity index (χ1n) is 4.27. The largest absolute Gasteiger partial charge is 0.368 e. The number of nitrogens with one attached hydrogen (secondary N) is 1. The third kappa shape index (κ3) is 2.88. The van der Waals surface area contributed by atoms with Crippen LogP contribution in [-0.4, -0.2) is 24.5 Å². The highest BCUT2D eigenvalue weighted by Gasteiger charge is 2.13. The van der Waals surface area contributed by atoms with Crippen LogP contribution in [0.5, 0.6) is 0 Å². The predicted octanol–water partition coefficient (Wildman–Crippen LogP) is 0.595. The van der Waals surface area contributed by atoms with E-state index in [0.29, 0.717) is 15.9 Å². The van der Waals surface area contributed by atoms with Crippen LogP contribution in [0.4, 0.5) is 11.6 Å². The second kappa shape index (κ2) is 5.20. The third-order valence-corrected chi connectivity index (χ3v) is 2.37. The molecular formula is C8H11Cl2N5O. The molecule has 0 spiro atoms. The van der Waals surface area contributed by atoms with Crippen molar-refractivity contribution < 1.29 is 4.79 Å². The molecule has 1 rings (SSSR count). The first-order valence-corrected chi connectivity index (χ1v) is 5.03. The average molecular weight is 264 g/mol. The van der Waals surface area contributed by atoms with E-state index in [4.69, 9.17) is 34.8 Å². The van der Waals surface area contributed by atoms with E-state index in [-0.39, 0.29) is 12.4 Å². The van der Waals surface area contributed by atoms with Crippen molar-refractivity contribution in [3.05, 3.63) is 16.1 Å². The van der Waals surface area contributed by atoms with Gasteiger partial charge in [0, 0.05) is 7.05 Å². The summed E-state index contributed by atoms with van der Waals surface area (Å²) >= 11 is 11.7. The lowest BCUT2D eigenvalue weighted by atomic mass is 10.4. The zero-order valence-electron chi connectivity index (χ0n) is 8.50. The van der Waals surface area contributed by atoms with Gasteiger partial charge in [0.2, 0.25) is 5.91 Å². The van der Waals surface area contributed by atoms with Crippen molar-refractivity contribution >= 4 is 40.7 Å². The minimum absolute atomic E-state index is 0.00162. The Kier molecular flexibility index (Phi) is 4.17. The van der Waals surface area contributed by atoms with Gasteiger partial charge in [-0.15, -0.1) is 0 Å². The summed E-state index contributed by atoms with van der Waals surface area (Å²) in [4.78, 5) is 16.3. The molecule has 0 aromatic carbocycles. The molecule has 0 bridgehead atoms. The number of nitrogen functional groups attached to an aromatic ring is 1. The van der Waals surface area contributed by atoms with Crippen LogP contribution in [0.3, 0.4) is 0 Å². The van der Waals surface area contributed by atoms with Gasteiger partial charge in [-0.3, -0.25) is 4.79 Å². The smallest absolute Gasteiger partial charge is 0.236 e. The van der Waals surface area contributed by atoms with Gasteiger partial charge in [0.1, 0.15) is 5.82 Å². The fourth-order valence-electron chi connectivity index (χ4n) is 1.13. The Morgan fingerprint density at radius 3 is 2.69 bits per heavy atom. The van der Waals surface area contributed by atoms with E-state index in [9.17, 15) is 4.79 Å². The molecule has 8 heteroatoms. The summed E-state index contributed by atoms with van der Waals surface area (Å²) < 4.78 is 0. The molecule has 0 fully saturated rings. The Balaban J connectivity index is 3.08. The maximum atomic E-state index is 10.8. The topological polar surface area (TPSA) is 97.3 Å². The summed E-state index contributed by atoms with van der Waals surface area (Å²) in [5, 5.41) is 0.608. The standard InChI is InChI=1S/C8H11Cl2N5O/c1-15(3-6(11)16)8-5(10)2-4(9)7(13-8)14-12/h2H,3,12H2,1H3,(H2,11,16)(H,13,14). The number of hydrogen-bond donors (Lipinski definition) is 3. The summed E-state index contributed by atoms with van der Waals surface area (Å²) in [5.74, 6) is 5.38. The van der Waals surface area contributed by atoms with Crippen LogP contribution >= 0.6 is 23.2 Å². The van der Waals surface area contributed by atoms with Gasteiger partial charge in [-0.2, -0.15) is 0 Å². The number of likely N-dealkylation sites (N-methyl/N-ethyl adjacent to an activating group) is 1. The minimum atomic E-state index is -0.488. The number of amides is 1. The molecule has 0 aliphatic heterocycles. The van der Waals surface area contributed by atoms with Crippen LogP contribution < -0.4 is 21.9 Å². The van der Waals surface area contributed by atoms with Gasteiger partial charge in [-0.05, 0) is 6.07 Å². The average Bonchev–Trinajstić information content (AvgIpc) is 2.16. The summed E-state index contributed by atoms with van der Waals surface area (Å²) in [5.41, 5.74) is 7.39. The molecule has 5 N–H and O–H groups in total. The highest BCUT2D eigenvalue weighted by atomic mass is 35.5. The number of carbonyl (C=O) groups is 1. The molecule has 0 atom stereocenters. The molecule has 0 unspecified atom stereocenters. The number of nitrogens with two attached hydrogens (primary N) is 2. The van der Waals surface area contributed by atoms with Crippen molar-refractivity contribution in [2.45, 2.75) is 0 Å². The second-order valence-electron chi connectivity index (χ2n) is 3.09. The fourth-order valence-corrected chi connectivity index (χ4v) is 1.69. The Hall–Kier alpha value is -1.24. The zero-order chi connectivity index (χ0) is 12.3. The van der Waals surface area contributed by atoms with Gasteiger partial charge >= 0.3 is 0 Å².